The Hall–Kier alpha value is -2.02. The number of carbonyl (C=O) groups excluding carboxylic acids is 3. The van der Waals surface area contributed by atoms with Gasteiger partial charge >= 0.3 is 6.03 Å². The Kier molecular flexibility index (Phi) is 5.32. The molecule has 3 rings (SSSR count). The molecule has 0 aromatic heterocycles. The van der Waals surface area contributed by atoms with Gasteiger partial charge in [-0.15, -0.1) is 11.8 Å². The predicted octanol–water partition coefficient (Wildman–Crippen LogP) is 2.99. The second-order valence-corrected chi connectivity index (χ2v) is 7.44. The van der Waals surface area contributed by atoms with E-state index in [9.17, 15) is 14.4 Å². The minimum Gasteiger partial charge on any atom is -0.326 e. The van der Waals surface area contributed by atoms with Gasteiger partial charge in [0.05, 0.1) is 0 Å². The summed E-state index contributed by atoms with van der Waals surface area (Å²) in [5.74, 6) is -0.378. The Morgan fingerprint density at radius 2 is 1.88 bits per heavy atom. The van der Waals surface area contributed by atoms with Gasteiger partial charge in [0.1, 0.15) is 5.54 Å². The number of hydrogen-bond donors (Lipinski definition) is 2. The summed E-state index contributed by atoms with van der Waals surface area (Å²) in [5.41, 5.74) is -0.0110. The van der Waals surface area contributed by atoms with E-state index in [-0.39, 0.29) is 30.8 Å². The molecule has 134 valence electrons. The van der Waals surface area contributed by atoms with Crippen LogP contribution < -0.4 is 10.6 Å². The summed E-state index contributed by atoms with van der Waals surface area (Å²) < 4.78 is 0. The number of rotatable bonds is 5. The molecule has 25 heavy (non-hydrogen) atoms. The molecule has 6 nitrogen and oxygen atoms in total. The normalized spacial score (nSPS) is 19.2. The van der Waals surface area contributed by atoms with Crippen LogP contribution in [0.15, 0.2) is 29.2 Å². The van der Waals surface area contributed by atoms with Gasteiger partial charge in [-0.2, -0.15) is 0 Å². The van der Waals surface area contributed by atoms with Crippen LogP contribution in [0.3, 0.4) is 0 Å². The lowest BCUT2D eigenvalue weighted by Crippen LogP contribution is -2.48. The lowest BCUT2D eigenvalue weighted by Gasteiger charge is -2.30. The van der Waals surface area contributed by atoms with Crippen molar-refractivity contribution in [3.63, 3.8) is 0 Å². The highest BCUT2D eigenvalue weighted by Gasteiger charge is 2.50. The summed E-state index contributed by atoms with van der Waals surface area (Å²) in [4.78, 5) is 39.2. The standard InChI is InChI=1S/C18H23N3O3S/c1-25-14-7-5-13(6-8-14)19-15(22)9-12-21-16(23)18(20-17(21)24)10-3-2-4-11-18/h5-8H,2-4,9-12H2,1H3,(H,19,22)(H,20,24). The molecule has 1 aliphatic carbocycles. The van der Waals surface area contributed by atoms with Crippen LogP contribution in [0.25, 0.3) is 0 Å². The number of nitrogens with zero attached hydrogens (tertiary/aromatic N) is 1. The molecule has 2 aliphatic rings. The third kappa shape index (κ3) is 3.81. The molecule has 0 unspecified atom stereocenters. The molecule has 0 radical (unpaired) electrons. The fourth-order valence-electron chi connectivity index (χ4n) is 3.48. The Balaban J connectivity index is 1.54. The topological polar surface area (TPSA) is 78.5 Å². The van der Waals surface area contributed by atoms with Gasteiger partial charge in [0, 0.05) is 23.5 Å². The van der Waals surface area contributed by atoms with E-state index in [0.29, 0.717) is 18.5 Å². The van der Waals surface area contributed by atoms with Crippen molar-refractivity contribution in [1.82, 2.24) is 10.2 Å². The molecule has 1 spiro atoms. The minimum atomic E-state index is -0.723. The maximum absolute atomic E-state index is 12.6. The molecule has 1 saturated carbocycles. The van der Waals surface area contributed by atoms with Gasteiger partial charge in [-0.05, 0) is 43.4 Å². The fourth-order valence-corrected chi connectivity index (χ4v) is 3.89. The van der Waals surface area contributed by atoms with Gasteiger partial charge in [0.25, 0.3) is 5.91 Å². The Morgan fingerprint density at radius 3 is 2.52 bits per heavy atom. The van der Waals surface area contributed by atoms with E-state index in [4.69, 9.17) is 0 Å². The maximum atomic E-state index is 12.6. The molecular formula is C18H23N3O3S. The van der Waals surface area contributed by atoms with E-state index in [1.54, 1.807) is 11.8 Å². The van der Waals surface area contributed by atoms with Crippen LogP contribution in [0.4, 0.5) is 10.5 Å². The minimum absolute atomic E-state index is 0.0967. The second-order valence-electron chi connectivity index (χ2n) is 6.56. The Morgan fingerprint density at radius 1 is 1.20 bits per heavy atom. The van der Waals surface area contributed by atoms with Crippen molar-refractivity contribution in [1.29, 1.82) is 0 Å². The first-order chi connectivity index (χ1) is 12.0. The van der Waals surface area contributed by atoms with Crippen LogP contribution in [0.1, 0.15) is 38.5 Å². The smallest absolute Gasteiger partial charge is 0.325 e. The van der Waals surface area contributed by atoms with Crippen molar-refractivity contribution in [3.05, 3.63) is 24.3 Å². The lowest BCUT2D eigenvalue weighted by atomic mass is 9.82. The van der Waals surface area contributed by atoms with Gasteiger partial charge in [0.2, 0.25) is 5.91 Å². The number of imide groups is 1. The first-order valence-corrected chi connectivity index (χ1v) is 9.84. The number of thioether (sulfide) groups is 1. The average Bonchev–Trinajstić information content (AvgIpc) is 2.84. The first kappa shape index (κ1) is 17.8. The van der Waals surface area contributed by atoms with E-state index in [1.165, 1.54) is 4.90 Å². The molecule has 7 heteroatoms. The molecule has 0 bridgehead atoms. The summed E-state index contributed by atoms with van der Waals surface area (Å²) in [7, 11) is 0. The van der Waals surface area contributed by atoms with E-state index in [0.717, 1.165) is 24.2 Å². The summed E-state index contributed by atoms with van der Waals surface area (Å²) >= 11 is 1.63. The fraction of sp³-hybridized carbons (Fsp3) is 0.500. The van der Waals surface area contributed by atoms with Crippen molar-refractivity contribution in [3.8, 4) is 0 Å². The van der Waals surface area contributed by atoms with Crippen molar-refractivity contribution >= 4 is 35.3 Å². The molecule has 2 fully saturated rings. The summed E-state index contributed by atoms with van der Waals surface area (Å²) in [6.07, 6.45) is 6.48. The number of benzene rings is 1. The SMILES string of the molecule is CSc1ccc(NC(=O)CCN2C(=O)NC3(CCCCC3)C2=O)cc1. The zero-order valence-electron chi connectivity index (χ0n) is 14.3. The number of hydrogen-bond acceptors (Lipinski definition) is 4. The van der Waals surface area contributed by atoms with Crippen molar-refractivity contribution < 1.29 is 14.4 Å². The largest absolute Gasteiger partial charge is 0.326 e. The van der Waals surface area contributed by atoms with Crippen LogP contribution in [0.5, 0.6) is 0 Å². The summed E-state index contributed by atoms with van der Waals surface area (Å²) in [6, 6.07) is 7.18. The van der Waals surface area contributed by atoms with Gasteiger partial charge in [0.15, 0.2) is 0 Å². The number of urea groups is 1. The van der Waals surface area contributed by atoms with Crippen molar-refractivity contribution in [2.24, 2.45) is 0 Å². The predicted molar refractivity (Wildman–Crippen MR) is 97.5 cm³/mol. The number of nitrogens with one attached hydrogen (secondary N) is 2. The van der Waals surface area contributed by atoms with Crippen LogP contribution in [0.2, 0.25) is 0 Å². The second kappa shape index (κ2) is 7.47. The van der Waals surface area contributed by atoms with Crippen LogP contribution in [0, 0.1) is 0 Å². The monoisotopic (exact) mass is 361 g/mol. The number of anilines is 1. The van der Waals surface area contributed by atoms with Gasteiger partial charge in [-0.1, -0.05) is 19.3 Å². The average molecular weight is 361 g/mol. The molecule has 1 heterocycles. The third-order valence-electron chi connectivity index (χ3n) is 4.89. The first-order valence-electron chi connectivity index (χ1n) is 8.62. The lowest BCUT2D eigenvalue weighted by molar-refractivity contribution is -0.132. The summed E-state index contributed by atoms with van der Waals surface area (Å²) in [5, 5.41) is 5.66. The highest BCUT2D eigenvalue weighted by Crippen LogP contribution is 2.33. The van der Waals surface area contributed by atoms with E-state index in [2.05, 4.69) is 10.6 Å². The maximum Gasteiger partial charge on any atom is 0.325 e. The van der Waals surface area contributed by atoms with Gasteiger partial charge in [-0.3, -0.25) is 14.5 Å². The van der Waals surface area contributed by atoms with E-state index >= 15 is 0 Å². The molecular weight excluding hydrogens is 338 g/mol. The summed E-state index contributed by atoms with van der Waals surface area (Å²) in [6.45, 7) is 0.112. The highest BCUT2D eigenvalue weighted by atomic mass is 32.2. The number of carbonyl (C=O) groups is 3. The van der Waals surface area contributed by atoms with Gasteiger partial charge < -0.3 is 10.6 Å². The zero-order chi connectivity index (χ0) is 17.9. The number of amides is 4. The van der Waals surface area contributed by atoms with E-state index in [1.807, 2.05) is 30.5 Å². The molecule has 1 aromatic rings. The molecule has 1 aliphatic heterocycles. The van der Waals surface area contributed by atoms with Crippen molar-refractivity contribution in [2.75, 3.05) is 18.1 Å². The third-order valence-corrected chi connectivity index (χ3v) is 5.63. The molecule has 0 atom stereocenters. The quantitative estimate of drug-likeness (QED) is 0.624. The Bertz CT molecular complexity index is 669. The van der Waals surface area contributed by atoms with Crippen LogP contribution in [-0.2, 0) is 9.59 Å². The van der Waals surface area contributed by atoms with Crippen LogP contribution in [-0.4, -0.2) is 41.1 Å². The molecule has 1 saturated heterocycles. The molecule has 1 aromatic carbocycles. The molecule has 2 N–H and O–H groups in total. The zero-order valence-corrected chi connectivity index (χ0v) is 15.2. The van der Waals surface area contributed by atoms with Crippen molar-refractivity contribution in [2.45, 2.75) is 49.0 Å². The Labute approximate surface area is 151 Å². The highest BCUT2D eigenvalue weighted by molar-refractivity contribution is 7.98. The van der Waals surface area contributed by atoms with Gasteiger partial charge in [-0.25, -0.2) is 4.79 Å². The van der Waals surface area contributed by atoms with Crippen LogP contribution >= 0.6 is 11.8 Å². The van der Waals surface area contributed by atoms with E-state index < -0.39 is 5.54 Å². The molecule has 4 amide bonds.